The van der Waals surface area contributed by atoms with E-state index < -0.39 is 10.0 Å². The zero-order valence-corrected chi connectivity index (χ0v) is 17.4. The minimum absolute atomic E-state index is 0.117. The molecule has 0 aromatic heterocycles. The number of sulfonamides is 1. The second-order valence-corrected chi connectivity index (χ2v) is 8.48. The van der Waals surface area contributed by atoms with Crippen LogP contribution in [0, 0.1) is 13.8 Å². The van der Waals surface area contributed by atoms with Crippen LogP contribution in [0.25, 0.3) is 0 Å². The molecule has 0 bridgehead atoms. The van der Waals surface area contributed by atoms with E-state index in [1.165, 1.54) is 6.07 Å². The molecule has 0 aliphatic heterocycles. The van der Waals surface area contributed by atoms with Crippen molar-refractivity contribution in [3.05, 3.63) is 59.2 Å². The van der Waals surface area contributed by atoms with Crippen LogP contribution in [-0.4, -0.2) is 44.0 Å². The van der Waals surface area contributed by atoms with Gasteiger partial charge in [-0.3, -0.25) is 9.52 Å². The molecule has 0 aliphatic rings. The first kappa shape index (κ1) is 21.9. The van der Waals surface area contributed by atoms with Crippen molar-refractivity contribution in [2.24, 2.45) is 0 Å². The zero-order valence-electron chi connectivity index (χ0n) is 16.6. The van der Waals surface area contributed by atoms with Crippen molar-refractivity contribution in [2.45, 2.75) is 38.5 Å². The molecular weight excluding hydrogens is 376 g/mol. The summed E-state index contributed by atoms with van der Waals surface area (Å²) in [5, 5.41) is 9.23. The van der Waals surface area contributed by atoms with Crippen molar-refractivity contribution in [1.82, 2.24) is 4.90 Å². The van der Waals surface area contributed by atoms with Gasteiger partial charge in [-0.05, 0) is 55.7 Å². The number of nitrogens with zero attached hydrogens (tertiary/aromatic N) is 1. The Morgan fingerprint density at radius 3 is 2.54 bits per heavy atom. The van der Waals surface area contributed by atoms with Crippen LogP contribution >= 0.6 is 0 Å². The van der Waals surface area contributed by atoms with Crippen LogP contribution in [0.15, 0.2) is 47.4 Å². The molecule has 1 amide bonds. The Kier molecular flexibility index (Phi) is 7.60. The second kappa shape index (κ2) is 9.71. The van der Waals surface area contributed by atoms with E-state index in [1.807, 2.05) is 19.9 Å². The first-order valence-electron chi connectivity index (χ1n) is 9.38. The third kappa shape index (κ3) is 5.56. The lowest BCUT2D eigenvalue weighted by atomic mass is 10.1. The van der Waals surface area contributed by atoms with Crippen molar-refractivity contribution in [3.63, 3.8) is 0 Å². The number of hydrogen-bond acceptors (Lipinski definition) is 4. The predicted molar refractivity (Wildman–Crippen MR) is 111 cm³/mol. The van der Waals surface area contributed by atoms with E-state index in [1.54, 1.807) is 42.2 Å². The number of nitrogens with one attached hydrogen (secondary N) is 1. The van der Waals surface area contributed by atoms with Crippen LogP contribution in [0.4, 0.5) is 5.69 Å². The average molecular weight is 405 g/mol. The van der Waals surface area contributed by atoms with Gasteiger partial charge in [0.25, 0.3) is 15.9 Å². The van der Waals surface area contributed by atoms with Gasteiger partial charge >= 0.3 is 0 Å². The molecule has 2 rings (SSSR count). The molecule has 0 unspecified atom stereocenters. The Morgan fingerprint density at radius 2 is 1.86 bits per heavy atom. The number of amides is 1. The number of rotatable bonds is 9. The molecule has 28 heavy (non-hydrogen) atoms. The highest BCUT2D eigenvalue weighted by atomic mass is 32.2. The highest BCUT2D eigenvalue weighted by molar-refractivity contribution is 7.92. The maximum absolute atomic E-state index is 12.8. The summed E-state index contributed by atoms with van der Waals surface area (Å²) in [6, 6.07) is 11.7. The quantitative estimate of drug-likeness (QED) is 0.671. The number of aliphatic hydroxyl groups is 1. The number of aliphatic hydroxyl groups excluding tert-OH is 1. The lowest BCUT2D eigenvalue weighted by Crippen LogP contribution is -2.34. The van der Waals surface area contributed by atoms with Gasteiger partial charge in [0.2, 0.25) is 0 Å². The Labute approximate surface area is 167 Å². The highest BCUT2D eigenvalue weighted by Crippen LogP contribution is 2.21. The molecule has 152 valence electrons. The van der Waals surface area contributed by atoms with Crippen molar-refractivity contribution < 1.29 is 18.3 Å². The molecule has 7 heteroatoms. The lowest BCUT2D eigenvalue weighted by molar-refractivity contribution is 0.0719. The Hall–Kier alpha value is -2.38. The van der Waals surface area contributed by atoms with Crippen molar-refractivity contribution in [3.8, 4) is 0 Å². The van der Waals surface area contributed by atoms with Gasteiger partial charge in [0.15, 0.2) is 0 Å². The first-order valence-corrected chi connectivity index (χ1v) is 10.9. The van der Waals surface area contributed by atoms with Gasteiger partial charge in [-0.1, -0.05) is 31.5 Å². The van der Waals surface area contributed by atoms with Crippen LogP contribution < -0.4 is 4.72 Å². The molecule has 0 saturated heterocycles. The number of anilines is 1. The van der Waals surface area contributed by atoms with Crippen LogP contribution in [0.1, 0.15) is 41.3 Å². The fourth-order valence-electron chi connectivity index (χ4n) is 2.89. The highest BCUT2D eigenvalue weighted by Gasteiger charge is 2.19. The van der Waals surface area contributed by atoms with Gasteiger partial charge in [-0.2, -0.15) is 0 Å². The number of benzene rings is 2. The zero-order chi connectivity index (χ0) is 20.7. The van der Waals surface area contributed by atoms with E-state index in [0.717, 1.165) is 18.4 Å². The van der Waals surface area contributed by atoms with E-state index in [2.05, 4.69) is 4.72 Å². The van der Waals surface area contributed by atoms with Crippen molar-refractivity contribution in [1.29, 1.82) is 0 Å². The van der Waals surface area contributed by atoms with E-state index in [9.17, 15) is 18.3 Å². The molecule has 0 radical (unpaired) electrons. The van der Waals surface area contributed by atoms with E-state index >= 15 is 0 Å². The van der Waals surface area contributed by atoms with Crippen molar-refractivity contribution in [2.75, 3.05) is 24.4 Å². The molecular formula is C21H28N2O4S. The second-order valence-electron chi connectivity index (χ2n) is 6.82. The molecule has 0 heterocycles. The van der Waals surface area contributed by atoms with Gasteiger partial charge in [-0.15, -0.1) is 0 Å². The third-order valence-electron chi connectivity index (χ3n) is 4.43. The molecule has 6 nitrogen and oxygen atoms in total. The van der Waals surface area contributed by atoms with Crippen molar-refractivity contribution >= 4 is 21.6 Å². The first-order chi connectivity index (χ1) is 13.3. The lowest BCUT2D eigenvalue weighted by Gasteiger charge is -2.22. The number of carbonyl (C=O) groups excluding carboxylic acids is 1. The summed E-state index contributed by atoms with van der Waals surface area (Å²) in [5.41, 5.74) is 2.21. The minimum Gasteiger partial charge on any atom is -0.395 e. The summed E-state index contributed by atoms with van der Waals surface area (Å²) in [6.45, 7) is 6.29. The topological polar surface area (TPSA) is 86.7 Å². The maximum atomic E-state index is 12.8. The fraction of sp³-hybridized carbons (Fsp3) is 0.381. The Bertz CT molecular complexity index is 926. The molecule has 0 fully saturated rings. The molecule has 2 aromatic carbocycles. The van der Waals surface area contributed by atoms with Gasteiger partial charge in [0.05, 0.1) is 11.5 Å². The summed E-state index contributed by atoms with van der Waals surface area (Å²) < 4.78 is 28.2. The number of hydrogen-bond donors (Lipinski definition) is 2. The molecule has 0 spiro atoms. The summed E-state index contributed by atoms with van der Waals surface area (Å²) >= 11 is 0. The predicted octanol–water partition coefficient (Wildman–Crippen LogP) is 3.34. The van der Waals surface area contributed by atoms with Crippen LogP contribution in [-0.2, 0) is 10.0 Å². The smallest absolute Gasteiger partial charge is 0.262 e. The van der Waals surface area contributed by atoms with Crippen LogP contribution in [0.3, 0.4) is 0 Å². The Balaban J connectivity index is 2.27. The van der Waals surface area contributed by atoms with Crippen LogP contribution in [0.2, 0.25) is 0 Å². The summed E-state index contributed by atoms with van der Waals surface area (Å²) in [4.78, 5) is 14.6. The SMILES string of the molecule is CCCCN(CCO)C(=O)c1cccc(NS(=O)(=O)c2cc(C)ccc2C)c1. The monoisotopic (exact) mass is 404 g/mol. The molecule has 0 aliphatic carbocycles. The molecule has 2 aromatic rings. The molecule has 0 saturated carbocycles. The van der Waals surface area contributed by atoms with Crippen LogP contribution in [0.5, 0.6) is 0 Å². The van der Waals surface area contributed by atoms with Gasteiger partial charge in [0.1, 0.15) is 0 Å². The minimum atomic E-state index is -3.77. The van der Waals surface area contributed by atoms with Gasteiger partial charge < -0.3 is 10.0 Å². The van der Waals surface area contributed by atoms with E-state index in [0.29, 0.717) is 23.4 Å². The fourth-order valence-corrected chi connectivity index (χ4v) is 4.27. The largest absolute Gasteiger partial charge is 0.395 e. The third-order valence-corrected chi connectivity index (χ3v) is 5.96. The van der Waals surface area contributed by atoms with Gasteiger partial charge in [0, 0.05) is 24.3 Å². The summed E-state index contributed by atoms with van der Waals surface area (Å²) in [5.74, 6) is -0.227. The number of carbonyl (C=O) groups is 1. The molecule has 2 N–H and O–H groups in total. The summed E-state index contributed by atoms with van der Waals surface area (Å²) in [7, 11) is -3.77. The van der Waals surface area contributed by atoms with E-state index in [-0.39, 0.29) is 24.0 Å². The average Bonchev–Trinajstić information content (AvgIpc) is 2.66. The van der Waals surface area contributed by atoms with E-state index in [4.69, 9.17) is 0 Å². The number of unbranched alkanes of at least 4 members (excludes halogenated alkanes) is 1. The normalized spacial score (nSPS) is 11.3. The summed E-state index contributed by atoms with van der Waals surface area (Å²) in [6.07, 6.45) is 1.77. The standard InChI is InChI=1S/C21H28N2O4S/c1-4-5-11-23(12-13-24)21(25)18-7-6-8-19(15-18)22-28(26,27)20-14-16(2)9-10-17(20)3/h6-10,14-15,22,24H,4-5,11-13H2,1-3H3. The molecule has 0 atom stereocenters. The Morgan fingerprint density at radius 1 is 1.11 bits per heavy atom. The number of aryl methyl sites for hydroxylation is 2. The van der Waals surface area contributed by atoms with Gasteiger partial charge in [-0.25, -0.2) is 8.42 Å². The maximum Gasteiger partial charge on any atom is 0.262 e.